The van der Waals surface area contributed by atoms with E-state index in [1.165, 1.54) is 13.3 Å². The van der Waals surface area contributed by atoms with E-state index in [-0.39, 0.29) is 0 Å². The average Bonchev–Trinajstić information content (AvgIpc) is 2.31. The largest absolute Gasteiger partial charge is 0.534 e. The molecule has 0 aliphatic rings. The van der Waals surface area contributed by atoms with Crippen LogP contribution in [0.5, 0.6) is 0 Å². The Labute approximate surface area is 84.8 Å². The summed E-state index contributed by atoms with van der Waals surface area (Å²) in [5.41, 5.74) is 0. The molecule has 0 saturated heterocycles. The Balaban J connectivity index is 2.70. The maximum atomic E-state index is 10.6. The van der Waals surface area contributed by atoms with Gasteiger partial charge < -0.3 is 4.74 Å². The second-order valence-electron chi connectivity index (χ2n) is 1.72. The minimum absolute atomic E-state index is 0.548. The zero-order valence-electron chi connectivity index (χ0n) is 5.95. The van der Waals surface area contributed by atoms with Crippen LogP contribution in [0, 0.1) is 0 Å². The van der Waals surface area contributed by atoms with E-state index in [0.717, 1.165) is 4.85 Å². The van der Waals surface area contributed by atoms with Crippen molar-refractivity contribution in [2.45, 2.75) is 0 Å². The van der Waals surface area contributed by atoms with E-state index in [2.05, 4.69) is 46.5 Å². The lowest BCUT2D eigenvalue weighted by Gasteiger charge is -1.98. The first-order valence-corrected chi connectivity index (χ1v) is 4.39. The standard InChI is InChI=1S/C5H4Br2N2O3/c1-11-5(10)12-9-2-3(6)4(7)8-9/h2H,1H3. The second-order valence-corrected chi connectivity index (χ2v) is 3.32. The monoisotopic (exact) mass is 298 g/mol. The Morgan fingerprint density at radius 2 is 2.33 bits per heavy atom. The van der Waals surface area contributed by atoms with Crippen LogP contribution in [0.25, 0.3) is 0 Å². The molecule has 0 bridgehead atoms. The number of rotatable bonds is 1. The third kappa shape index (κ3) is 2.21. The van der Waals surface area contributed by atoms with Gasteiger partial charge >= 0.3 is 6.16 Å². The Hall–Kier alpha value is -0.560. The number of hydrogen-bond donors (Lipinski definition) is 0. The number of hydrogen-bond acceptors (Lipinski definition) is 4. The van der Waals surface area contributed by atoms with E-state index in [1.54, 1.807) is 0 Å². The van der Waals surface area contributed by atoms with E-state index in [0.29, 0.717) is 9.08 Å². The van der Waals surface area contributed by atoms with E-state index in [4.69, 9.17) is 0 Å². The molecule has 1 rings (SSSR count). The number of aromatic nitrogens is 2. The number of carbonyl (C=O) groups excluding carboxylic acids is 1. The maximum Gasteiger partial charge on any atom is 0.534 e. The quantitative estimate of drug-likeness (QED) is 0.739. The number of halogens is 2. The first kappa shape index (κ1) is 9.53. The van der Waals surface area contributed by atoms with Crippen LogP contribution in [0.1, 0.15) is 0 Å². The van der Waals surface area contributed by atoms with Crippen molar-refractivity contribution in [2.75, 3.05) is 7.11 Å². The van der Waals surface area contributed by atoms with Crippen LogP contribution >= 0.6 is 31.9 Å². The van der Waals surface area contributed by atoms with Gasteiger partial charge in [0.1, 0.15) is 4.60 Å². The first-order chi connectivity index (χ1) is 5.63. The fourth-order valence-corrected chi connectivity index (χ4v) is 0.987. The van der Waals surface area contributed by atoms with Crippen LogP contribution in [0.15, 0.2) is 15.3 Å². The van der Waals surface area contributed by atoms with Crippen molar-refractivity contribution in [3.05, 3.63) is 15.3 Å². The van der Waals surface area contributed by atoms with E-state index < -0.39 is 6.16 Å². The fraction of sp³-hybridized carbons (Fsp3) is 0.200. The lowest BCUT2D eigenvalue weighted by atomic mass is 10.8. The van der Waals surface area contributed by atoms with Crippen LogP contribution in [0.4, 0.5) is 4.79 Å². The van der Waals surface area contributed by atoms with Crippen LogP contribution in [-0.4, -0.2) is 23.2 Å². The molecule has 1 heterocycles. The summed E-state index contributed by atoms with van der Waals surface area (Å²) in [4.78, 5) is 16.1. The SMILES string of the molecule is COC(=O)On1cc(Br)c(Br)n1. The molecule has 0 N–H and O–H groups in total. The molecule has 0 saturated carbocycles. The molecule has 12 heavy (non-hydrogen) atoms. The van der Waals surface area contributed by atoms with Gasteiger partial charge in [0.05, 0.1) is 17.8 Å². The van der Waals surface area contributed by atoms with Gasteiger partial charge in [0.15, 0.2) is 0 Å². The first-order valence-electron chi connectivity index (χ1n) is 2.80. The predicted molar refractivity (Wildman–Crippen MR) is 46.6 cm³/mol. The number of methoxy groups -OCH3 is 1. The molecule has 0 fully saturated rings. The molecule has 0 atom stereocenters. The van der Waals surface area contributed by atoms with Gasteiger partial charge in [0, 0.05) is 0 Å². The molecule has 0 radical (unpaired) electrons. The molecule has 7 heteroatoms. The Morgan fingerprint density at radius 3 is 2.75 bits per heavy atom. The van der Waals surface area contributed by atoms with Gasteiger partial charge in [-0.25, -0.2) is 4.79 Å². The summed E-state index contributed by atoms with van der Waals surface area (Å²) < 4.78 is 5.48. The van der Waals surface area contributed by atoms with Crippen molar-refractivity contribution in [3.8, 4) is 0 Å². The van der Waals surface area contributed by atoms with Gasteiger partial charge in [-0.1, -0.05) is 4.85 Å². The molecule has 0 amide bonds. The van der Waals surface area contributed by atoms with Crippen molar-refractivity contribution in [2.24, 2.45) is 0 Å². The molecule has 5 nitrogen and oxygen atoms in total. The Bertz CT molecular complexity index is 279. The van der Waals surface area contributed by atoms with Gasteiger partial charge in [-0.05, 0) is 31.9 Å². The van der Waals surface area contributed by atoms with Crippen molar-refractivity contribution in [3.63, 3.8) is 0 Å². The zero-order valence-corrected chi connectivity index (χ0v) is 9.12. The molecule has 0 aliphatic heterocycles. The van der Waals surface area contributed by atoms with Crippen molar-refractivity contribution < 1.29 is 14.4 Å². The normalized spacial score (nSPS) is 9.58. The van der Waals surface area contributed by atoms with Gasteiger partial charge in [-0.15, -0.1) is 5.10 Å². The molecular weight excluding hydrogens is 296 g/mol. The fourth-order valence-electron chi connectivity index (χ4n) is 0.474. The minimum Gasteiger partial charge on any atom is -0.436 e. The summed E-state index contributed by atoms with van der Waals surface area (Å²) in [5, 5.41) is 3.76. The molecule has 0 unspecified atom stereocenters. The minimum atomic E-state index is -0.822. The summed E-state index contributed by atoms with van der Waals surface area (Å²) in [6.45, 7) is 0. The second kappa shape index (κ2) is 3.90. The smallest absolute Gasteiger partial charge is 0.436 e. The van der Waals surface area contributed by atoms with Gasteiger partial charge in [0.2, 0.25) is 0 Å². The summed E-state index contributed by atoms with van der Waals surface area (Å²) in [7, 11) is 1.22. The Kier molecular flexibility index (Phi) is 3.10. The summed E-state index contributed by atoms with van der Waals surface area (Å²) in [6.07, 6.45) is 0.651. The Morgan fingerprint density at radius 1 is 1.67 bits per heavy atom. The van der Waals surface area contributed by atoms with Crippen LogP contribution in [0.2, 0.25) is 0 Å². The molecule has 66 valence electrons. The van der Waals surface area contributed by atoms with Crippen molar-refractivity contribution >= 4 is 38.0 Å². The number of ether oxygens (including phenoxy) is 1. The summed E-state index contributed by atoms with van der Waals surface area (Å²) >= 11 is 6.28. The van der Waals surface area contributed by atoms with Crippen molar-refractivity contribution in [1.29, 1.82) is 0 Å². The highest BCUT2D eigenvalue weighted by atomic mass is 79.9. The highest BCUT2D eigenvalue weighted by Gasteiger charge is 2.07. The van der Waals surface area contributed by atoms with E-state index >= 15 is 0 Å². The summed E-state index contributed by atoms with van der Waals surface area (Å²) in [6, 6.07) is 0. The average molecular weight is 300 g/mol. The lowest BCUT2D eigenvalue weighted by molar-refractivity contribution is 0.0518. The number of carbonyl (C=O) groups is 1. The van der Waals surface area contributed by atoms with Gasteiger partial charge in [-0.2, -0.15) is 0 Å². The lowest BCUT2D eigenvalue weighted by Crippen LogP contribution is -2.19. The molecule has 0 aromatic carbocycles. The topological polar surface area (TPSA) is 53.4 Å². The highest BCUT2D eigenvalue weighted by molar-refractivity contribution is 9.13. The summed E-state index contributed by atoms with van der Waals surface area (Å²) in [5.74, 6) is 0. The zero-order chi connectivity index (χ0) is 9.14. The molecule has 1 aromatic heterocycles. The molecule has 0 aliphatic carbocycles. The van der Waals surface area contributed by atoms with E-state index in [9.17, 15) is 4.79 Å². The molecule has 1 aromatic rings. The van der Waals surface area contributed by atoms with Crippen LogP contribution in [0.3, 0.4) is 0 Å². The van der Waals surface area contributed by atoms with Crippen LogP contribution in [-0.2, 0) is 4.74 Å². The third-order valence-electron chi connectivity index (χ3n) is 0.942. The predicted octanol–water partition coefficient (Wildman–Crippen LogP) is 1.60. The molecular formula is C5H4Br2N2O3. The maximum absolute atomic E-state index is 10.6. The highest BCUT2D eigenvalue weighted by Crippen LogP contribution is 2.19. The van der Waals surface area contributed by atoms with Gasteiger partial charge in [-0.3, -0.25) is 4.84 Å². The molecule has 0 spiro atoms. The van der Waals surface area contributed by atoms with Crippen molar-refractivity contribution in [1.82, 2.24) is 9.94 Å². The van der Waals surface area contributed by atoms with E-state index in [1.807, 2.05) is 0 Å². The van der Waals surface area contributed by atoms with Gasteiger partial charge in [0.25, 0.3) is 0 Å². The third-order valence-corrected chi connectivity index (χ3v) is 2.64. The number of nitrogens with zero attached hydrogens (tertiary/aromatic N) is 2. The van der Waals surface area contributed by atoms with Crippen LogP contribution < -0.4 is 4.84 Å².